The van der Waals surface area contributed by atoms with E-state index in [2.05, 4.69) is 96.7 Å². The molecule has 0 aliphatic carbocycles. The molecule has 0 unspecified atom stereocenters. The molecule has 0 amide bonds. The van der Waals surface area contributed by atoms with E-state index in [-0.39, 0.29) is 0 Å². The van der Waals surface area contributed by atoms with E-state index in [0.29, 0.717) is 0 Å². The smallest absolute Gasteiger partial charge is 0.234 e. The van der Waals surface area contributed by atoms with Crippen molar-refractivity contribution in [2.45, 2.75) is 65.8 Å². The quantitative estimate of drug-likeness (QED) is 0.239. The first-order valence-electron chi connectivity index (χ1n) is 10.7. The van der Waals surface area contributed by atoms with E-state index in [0.717, 1.165) is 6.54 Å². The molecule has 0 N–H and O–H groups in total. The predicted molar refractivity (Wildman–Crippen MR) is 122 cm³/mol. The van der Waals surface area contributed by atoms with Crippen molar-refractivity contribution in [3.8, 4) is 0 Å². The summed E-state index contributed by atoms with van der Waals surface area (Å²) < 4.78 is 4.99. The van der Waals surface area contributed by atoms with Crippen LogP contribution in [-0.2, 0) is 6.54 Å². The Morgan fingerprint density at radius 1 is 0.750 bits per heavy atom. The van der Waals surface area contributed by atoms with Crippen LogP contribution in [0.1, 0.15) is 56.8 Å². The molecule has 3 aromatic rings. The lowest BCUT2D eigenvalue weighted by molar-refractivity contribution is -0.702. The van der Waals surface area contributed by atoms with Crippen molar-refractivity contribution in [2.24, 2.45) is 0 Å². The van der Waals surface area contributed by atoms with Gasteiger partial charge in [-0.05, 0) is 12.8 Å². The predicted octanol–water partition coefficient (Wildman–Crippen LogP) is 5.65. The third-order valence-electron chi connectivity index (χ3n) is 5.52. The average molecular weight is 394 g/mol. The number of unbranched alkanes of at least 4 members (excludes halogenated alkanes) is 5. The van der Waals surface area contributed by atoms with Gasteiger partial charge >= 0.3 is 0 Å². The minimum absolute atomic E-state index is 0.593. The van der Waals surface area contributed by atoms with Crippen molar-refractivity contribution in [1.82, 2.24) is 4.34 Å². The van der Waals surface area contributed by atoms with Crippen molar-refractivity contribution < 1.29 is 4.57 Å². The molecule has 0 bridgehead atoms. The highest BCUT2D eigenvalue weighted by molar-refractivity contribution is 7.71. The lowest BCUT2D eigenvalue weighted by atomic mass is 10.1. The molecule has 28 heavy (non-hydrogen) atoms. The molecule has 0 fully saturated rings. The maximum Gasteiger partial charge on any atom is 0.246 e. The molecule has 0 aliphatic rings. The van der Waals surface area contributed by atoms with E-state index in [9.17, 15) is 0 Å². The van der Waals surface area contributed by atoms with Gasteiger partial charge in [-0.1, -0.05) is 93.3 Å². The van der Waals surface area contributed by atoms with Gasteiger partial charge in [0.1, 0.15) is 11.4 Å². The molecule has 0 atom stereocenters. The minimum atomic E-state index is -0.593. The van der Waals surface area contributed by atoms with E-state index >= 15 is 0 Å². The monoisotopic (exact) mass is 393 g/mol. The zero-order valence-corrected chi connectivity index (χ0v) is 18.5. The molecule has 0 radical (unpaired) electrons. The Morgan fingerprint density at radius 3 is 1.86 bits per heavy atom. The first-order valence-corrected chi connectivity index (χ1v) is 12.0. The molecule has 2 nitrogen and oxygen atoms in total. The Labute approximate surface area is 172 Å². The average Bonchev–Trinajstić information content (AvgIpc) is 3.01. The SMILES string of the molecule is CCCCCCCC[n+]1cn(P(c2ccccc2)c2ccccc2)c(C)c1C. The molecule has 148 valence electrons. The first-order chi connectivity index (χ1) is 13.7. The molecule has 0 spiro atoms. The Morgan fingerprint density at radius 2 is 1.29 bits per heavy atom. The fourth-order valence-corrected chi connectivity index (χ4v) is 6.08. The van der Waals surface area contributed by atoms with Crippen LogP contribution in [0, 0.1) is 13.8 Å². The van der Waals surface area contributed by atoms with Gasteiger partial charge in [0.15, 0.2) is 8.07 Å². The fraction of sp³-hybridized carbons (Fsp3) is 0.400. The summed E-state index contributed by atoms with van der Waals surface area (Å²) in [6.45, 7) is 7.95. The standard InChI is InChI=1S/C25H34N2P/c1-4-5-6-7-8-15-20-26-21-27(23(3)22(26)2)28(24-16-11-9-12-17-24)25-18-13-10-14-19-25/h9-14,16-19,21H,4-8,15,20H2,1-3H3/q+1. The van der Waals surface area contributed by atoms with Crippen LogP contribution in [0.25, 0.3) is 0 Å². The zero-order chi connectivity index (χ0) is 19.8. The van der Waals surface area contributed by atoms with Gasteiger partial charge in [0, 0.05) is 24.5 Å². The van der Waals surface area contributed by atoms with E-state index in [1.54, 1.807) is 0 Å². The van der Waals surface area contributed by atoms with E-state index in [1.807, 2.05) is 0 Å². The number of imidazole rings is 1. The van der Waals surface area contributed by atoms with Gasteiger partial charge in [-0.3, -0.25) is 0 Å². The van der Waals surface area contributed by atoms with Gasteiger partial charge in [-0.15, -0.1) is 0 Å². The summed E-state index contributed by atoms with van der Waals surface area (Å²) in [5.74, 6) is 0. The second-order valence-corrected chi connectivity index (χ2v) is 9.66. The van der Waals surface area contributed by atoms with Crippen molar-refractivity contribution in [2.75, 3.05) is 0 Å². The van der Waals surface area contributed by atoms with Crippen LogP contribution in [0.15, 0.2) is 67.0 Å². The Balaban J connectivity index is 1.83. The highest BCUT2D eigenvalue weighted by Gasteiger charge is 2.27. The van der Waals surface area contributed by atoms with Crippen LogP contribution in [-0.4, -0.2) is 4.34 Å². The number of benzene rings is 2. The Hall–Kier alpha value is -1.92. The highest BCUT2D eigenvalue weighted by Crippen LogP contribution is 2.37. The molecule has 0 aliphatic heterocycles. The zero-order valence-electron chi connectivity index (χ0n) is 17.6. The maximum atomic E-state index is 2.52. The van der Waals surface area contributed by atoms with Crippen LogP contribution >= 0.6 is 8.07 Å². The molecule has 0 saturated carbocycles. The van der Waals surface area contributed by atoms with Crippen LogP contribution in [0.4, 0.5) is 0 Å². The second-order valence-electron chi connectivity index (χ2n) is 7.57. The third kappa shape index (κ3) is 5.11. The lowest BCUT2D eigenvalue weighted by Gasteiger charge is -2.15. The molecule has 3 rings (SSSR count). The minimum Gasteiger partial charge on any atom is -0.234 e. The van der Waals surface area contributed by atoms with E-state index in [4.69, 9.17) is 0 Å². The normalized spacial score (nSPS) is 11.3. The topological polar surface area (TPSA) is 8.81 Å². The molecular weight excluding hydrogens is 359 g/mol. The van der Waals surface area contributed by atoms with Gasteiger partial charge in [0.2, 0.25) is 6.33 Å². The second kappa shape index (κ2) is 10.6. The molecule has 1 heterocycles. The Bertz CT molecular complexity index is 800. The summed E-state index contributed by atoms with van der Waals surface area (Å²) in [7, 11) is -0.593. The van der Waals surface area contributed by atoms with E-state index in [1.165, 1.54) is 60.5 Å². The van der Waals surface area contributed by atoms with Gasteiger partial charge in [-0.2, -0.15) is 0 Å². The lowest BCUT2D eigenvalue weighted by Crippen LogP contribution is -2.34. The number of nitrogens with zero attached hydrogens (tertiary/aromatic N) is 2. The molecular formula is C25H34N2P+. The van der Waals surface area contributed by atoms with Gasteiger partial charge in [0.25, 0.3) is 0 Å². The summed E-state index contributed by atoms with van der Waals surface area (Å²) in [5.41, 5.74) is 2.78. The van der Waals surface area contributed by atoms with Crippen molar-refractivity contribution in [3.05, 3.63) is 78.4 Å². The summed E-state index contributed by atoms with van der Waals surface area (Å²) in [6, 6.07) is 21.9. The van der Waals surface area contributed by atoms with E-state index < -0.39 is 8.07 Å². The summed E-state index contributed by atoms with van der Waals surface area (Å²) in [5, 5.41) is 2.79. The molecule has 1 aromatic heterocycles. The Kier molecular flexibility index (Phi) is 7.86. The van der Waals surface area contributed by atoms with Crippen LogP contribution in [0.3, 0.4) is 0 Å². The highest BCUT2D eigenvalue weighted by atomic mass is 31.1. The number of aryl methyl sites for hydroxylation is 1. The maximum absolute atomic E-state index is 2.52. The number of hydrogen-bond acceptors (Lipinski definition) is 0. The van der Waals surface area contributed by atoms with Crippen LogP contribution < -0.4 is 15.2 Å². The largest absolute Gasteiger partial charge is 0.246 e. The van der Waals surface area contributed by atoms with Crippen LogP contribution in [0.2, 0.25) is 0 Å². The molecule has 0 saturated heterocycles. The van der Waals surface area contributed by atoms with Crippen molar-refractivity contribution >= 4 is 18.7 Å². The molecule has 2 aromatic carbocycles. The van der Waals surface area contributed by atoms with Crippen LogP contribution in [0.5, 0.6) is 0 Å². The fourth-order valence-electron chi connectivity index (χ4n) is 3.70. The molecule has 3 heteroatoms. The summed E-state index contributed by atoms with van der Waals surface area (Å²) >= 11 is 0. The van der Waals surface area contributed by atoms with Gasteiger partial charge < -0.3 is 0 Å². The third-order valence-corrected chi connectivity index (χ3v) is 7.93. The summed E-state index contributed by atoms with van der Waals surface area (Å²) in [4.78, 5) is 0. The number of hydrogen-bond donors (Lipinski definition) is 0. The van der Waals surface area contributed by atoms with Gasteiger partial charge in [0.05, 0.1) is 6.54 Å². The first kappa shape index (κ1) is 20.8. The summed E-state index contributed by atoms with van der Waals surface area (Å²) in [6.07, 6.45) is 10.4. The number of rotatable bonds is 10. The van der Waals surface area contributed by atoms with Gasteiger partial charge in [-0.25, -0.2) is 8.90 Å². The number of aromatic nitrogens is 2. The van der Waals surface area contributed by atoms with Crippen molar-refractivity contribution in [3.63, 3.8) is 0 Å². The van der Waals surface area contributed by atoms with Crippen molar-refractivity contribution in [1.29, 1.82) is 0 Å².